The number of carbonyl (C=O) groups excluding carboxylic acids is 2. The van der Waals surface area contributed by atoms with Crippen molar-refractivity contribution in [1.29, 1.82) is 0 Å². The summed E-state index contributed by atoms with van der Waals surface area (Å²) < 4.78 is 20.6. The summed E-state index contributed by atoms with van der Waals surface area (Å²) in [6, 6.07) is 0. The minimum Gasteiger partial charge on any atom is -0.462 e. The number of hydrogen-bond donors (Lipinski definition) is 0. The summed E-state index contributed by atoms with van der Waals surface area (Å²) in [5.41, 5.74) is 0.801. The second-order valence-corrected chi connectivity index (χ2v) is 5.12. The van der Waals surface area contributed by atoms with Crippen molar-refractivity contribution in [3.05, 3.63) is 24.3 Å². The molecule has 0 aliphatic carbocycles. The van der Waals surface area contributed by atoms with Crippen molar-refractivity contribution in [3.8, 4) is 0 Å². The molecular weight excluding hydrogens is 300 g/mol. The second kappa shape index (κ2) is 14.0. The van der Waals surface area contributed by atoms with Crippen LogP contribution in [-0.4, -0.2) is 51.6 Å². The highest BCUT2D eigenvalue weighted by Gasteiger charge is 2.02. The molecule has 0 aliphatic rings. The fraction of sp³-hybridized carbons (Fsp3) is 0.647. The van der Waals surface area contributed by atoms with Crippen LogP contribution in [0.5, 0.6) is 0 Å². The molecule has 0 atom stereocenters. The van der Waals surface area contributed by atoms with E-state index < -0.39 is 0 Å². The monoisotopic (exact) mass is 328 g/mol. The van der Waals surface area contributed by atoms with Gasteiger partial charge in [-0.15, -0.1) is 0 Å². The number of esters is 2. The molecule has 0 aromatic rings. The molecule has 0 aromatic carbocycles. The van der Waals surface area contributed by atoms with Gasteiger partial charge in [-0.3, -0.25) is 0 Å². The van der Waals surface area contributed by atoms with Gasteiger partial charge in [0, 0.05) is 50.4 Å². The zero-order chi connectivity index (χ0) is 17.5. The minimum absolute atomic E-state index is 0.338. The SMILES string of the molecule is C=C(C)C(=O)OCCCOCCCOCCCOC(=O)C(=C)C. The number of carbonyl (C=O) groups is 2. The smallest absolute Gasteiger partial charge is 0.333 e. The van der Waals surface area contributed by atoms with E-state index in [9.17, 15) is 9.59 Å². The van der Waals surface area contributed by atoms with Crippen LogP contribution in [0.2, 0.25) is 0 Å². The molecule has 23 heavy (non-hydrogen) atoms. The van der Waals surface area contributed by atoms with Crippen LogP contribution in [0.25, 0.3) is 0 Å². The summed E-state index contributed by atoms with van der Waals surface area (Å²) in [7, 11) is 0. The van der Waals surface area contributed by atoms with Gasteiger partial charge in [0.25, 0.3) is 0 Å². The van der Waals surface area contributed by atoms with Crippen LogP contribution in [-0.2, 0) is 28.5 Å². The maximum atomic E-state index is 11.1. The minimum atomic E-state index is -0.368. The Morgan fingerprint density at radius 3 is 1.26 bits per heavy atom. The van der Waals surface area contributed by atoms with Gasteiger partial charge in [-0.1, -0.05) is 13.2 Å². The van der Waals surface area contributed by atoms with Crippen LogP contribution in [0.15, 0.2) is 24.3 Å². The van der Waals surface area contributed by atoms with E-state index >= 15 is 0 Å². The van der Waals surface area contributed by atoms with E-state index in [-0.39, 0.29) is 11.9 Å². The number of rotatable bonds is 14. The van der Waals surface area contributed by atoms with Gasteiger partial charge in [0.05, 0.1) is 13.2 Å². The molecule has 6 nitrogen and oxygen atoms in total. The van der Waals surface area contributed by atoms with E-state index in [0.29, 0.717) is 63.6 Å². The first kappa shape index (κ1) is 21.3. The second-order valence-electron chi connectivity index (χ2n) is 5.12. The zero-order valence-electron chi connectivity index (χ0n) is 14.2. The Labute approximate surface area is 138 Å². The van der Waals surface area contributed by atoms with Crippen molar-refractivity contribution in [1.82, 2.24) is 0 Å². The average Bonchev–Trinajstić information content (AvgIpc) is 2.50. The summed E-state index contributed by atoms with van der Waals surface area (Å²) in [4.78, 5) is 22.2. The topological polar surface area (TPSA) is 71.1 Å². The Balaban J connectivity index is 3.19. The Bertz CT molecular complexity index is 353. The highest BCUT2D eigenvalue weighted by molar-refractivity contribution is 5.87. The highest BCUT2D eigenvalue weighted by atomic mass is 16.5. The predicted molar refractivity (Wildman–Crippen MR) is 87.0 cm³/mol. The maximum absolute atomic E-state index is 11.1. The van der Waals surface area contributed by atoms with Crippen LogP contribution in [0.3, 0.4) is 0 Å². The van der Waals surface area contributed by atoms with Crippen LogP contribution in [0, 0.1) is 0 Å². The van der Waals surface area contributed by atoms with Gasteiger partial charge in [0.15, 0.2) is 0 Å². The quantitative estimate of drug-likeness (QED) is 0.277. The van der Waals surface area contributed by atoms with Crippen LogP contribution in [0.4, 0.5) is 0 Å². The van der Waals surface area contributed by atoms with Gasteiger partial charge < -0.3 is 18.9 Å². The molecule has 0 N–H and O–H groups in total. The molecule has 0 bridgehead atoms. The van der Waals surface area contributed by atoms with Crippen LogP contribution in [0.1, 0.15) is 33.1 Å². The summed E-state index contributed by atoms with van der Waals surface area (Å²) in [5.74, 6) is -0.736. The van der Waals surface area contributed by atoms with E-state index in [0.717, 1.165) is 6.42 Å². The summed E-state index contributed by atoms with van der Waals surface area (Å²) >= 11 is 0. The van der Waals surface area contributed by atoms with Crippen molar-refractivity contribution in [3.63, 3.8) is 0 Å². The van der Waals surface area contributed by atoms with Crippen LogP contribution >= 0.6 is 0 Å². The Morgan fingerprint density at radius 2 is 0.957 bits per heavy atom. The Hall–Kier alpha value is -1.66. The number of hydrogen-bond acceptors (Lipinski definition) is 6. The molecule has 0 unspecified atom stereocenters. The largest absolute Gasteiger partial charge is 0.462 e. The van der Waals surface area contributed by atoms with E-state index in [1.54, 1.807) is 13.8 Å². The lowest BCUT2D eigenvalue weighted by atomic mass is 10.4. The standard InChI is InChI=1S/C17H28O6/c1-14(2)16(18)22-12-6-10-20-8-5-9-21-11-7-13-23-17(19)15(3)4/h1,3,5-13H2,2,4H3. The fourth-order valence-corrected chi connectivity index (χ4v) is 1.37. The zero-order valence-corrected chi connectivity index (χ0v) is 14.2. The van der Waals surface area contributed by atoms with E-state index in [1.807, 2.05) is 0 Å². The molecule has 0 aromatic heterocycles. The molecule has 0 aliphatic heterocycles. The van der Waals surface area contributed by atoms with Crippen molar-refractivity contribution in [2.45, 2.75) is 33.1 Å². The van der Waals surface area contributed by atoms with E-state index in [4.69, 9.17) is 18.9 Å². The molecular formula is C17H28O6. The highest BCUT2D eigenvalue weighted by Crippen LogP contribution is 1.96. The summed E-state index contributed by atoms with van der Waals surface area (Å²) in [6.45, 7) is 13.2. The average molecular weight is 328 g/mol. The maximum Gasteiger partial charge on any atom is 0.333 e. The van der Waals surface area contributed by atoms with Crippen LogP contribution < -0.4 is 0 Å². The summed E-state index contributed by atoms with van der Waals surface area (Å²) in [5, 5.41) is 0. The number of ether oxygens (including phenoxy) is 4. The molecule has 0 fully saturated rings. The van der Waals surface area contributed by atoms with Gasteiger partial charge in [-0.05, 0) is 20.3 Å². The molecule has 6 heteroatoms. The molecule has 0 spiro atoms. The van der Waals surface area contributed by atoms with Crippen molar-refractivity contribution >= 4 is 11.9 Å². The van der Waals surface area contributed by atoms with Gasteiger partial charge in [-0.2, -0.15) is 0 Å². The lowest BCUT2D eigenvalue weighted by Gasteiger charge is -2.07. The molecule has 0 saturated heterocycles. The molecule has 0 amide bonds. The first-order valence-electron chi connectivity index (χ1n) is 7.76. The van der Waals surface area contributed by atoms with E-state index in [1.165, 1.54) is 0 Å². The molecule has 0 saturated carbocycles. The lowest BCUT2D eigenvalue weighted by molar-refractivity contribution is -0.140. The lowest BCUT2D eigenvalue weighted by Crippen LogP contribution is -2.10. The van der Waals surface area contributed by atoms with Gasteiger partial charge in [0.2, 0.25) is 0 Å². The third-order valence-corrected chi connectivity index (χ3v) is 2.61. The molecule has 0 radical (unpaired) electrons. The van der Waals surface area contributed by atoms with Crippen molar-refractivity contribution < 1.29 is 28.5 Å². The first-order chi connectivity index (χ1) is 10.9. The fourth-order valence-electron chi connectivity index (χ4n) is 1.37. The van der Waals surface area contributed by atoms with Crippen molar-refractivity contribution in [2.75, 3.05) is 39.6 Å². The summed E-state index contributed by atoms with van der Waals surface area (Å²) in [6.07, 6.45) is 2.11. The third kappa shape index (κ3) is 13.7. The predicted octanol–water partition coefficient (Wildman–Crippen LogP) is 2.43. The van der Waals surface area contributed by atoms with Crippen molar-refractivity contribution in [2.24, 2.45) is 0 Å². The van der Waals surface area contributed by atoms with E-state index in [2.05, 4.69) is 13.2 Å². The Morgan fingerprint density at radius 1 is 0.652 bits per heavy atom. The molecule has 0 rings (SSSR count). The first-order valence-corrected chi connectivity index (χ1v) is 7.76. The third-order valence-electron chi connectivity index (χ3n) is 2.61. The Kier molecular flexibility index (Phi) is 13.0. The van der Waals surface area contributed by atoms with Gasteiger partial charge >= 0.3 is 11.9 Å². The van der Waals surface area contributed by atoms with Gasteiger partial charge in [0.1, 0.15) is 0 Å². The van der Waals surface area contributed by atoms with Gasteiger partial charge in [-0.25, -0.2) is 9.59 Å². The molecule has 132 valence electrons. The molecule has 0 heterocycles. The normalized spacial score (nSPS) is 10.2.